The Labute approximate surface area is 269 Å². The standard InChI is InChI=1S/C33H35FN3O9P/c1-23(30(39)40)35-47(42,46-26-16-10-5-11-17-26)44-22-27-29(43-21-25-14-8-4-9-15-25)33(2,34)31(45-27)36-19-18-28(38)37(32(36)41)20-24-12-6-3-7-13-24/h3-19,23,27,29,31H,20-22H2,1-2H3,(H,35,42)(H,39,40)/t23-,27+,29+,31+,33+,47?/m0/s1. The van der Waals surface area contributed by atoms with Crippen LogP contribution in [0.5, 0.6) is 5.75 Å². The molecular formula is C33H35FN3O9P. The van der Waals surface area contributed by atoms with E-state index in [-0.39, 0.29) is 18.9 Å². The summed E-state index contributed by atoms with van der Waals surface area (Å²) in [5, 5.41) is 11.8. The average Bonchev–Trinajstić information content (AvgIpc) is 3.31. The molecule has 4 aromatic rings. The summed E-state index contributed by atoms with van der Waals surface area (Å²) in [5.74, 6) is -1.18. The summed E-state index contributed by atoms with van der Waals surface area (Å²) in [7, 11) is -4.41. The van der Waals surface area contributed by atoms with Gasteiger partial charge in [0.2, 0.25) is 0 Å². The minimum absolute atomic E-state index is 0.0352. The molecule has 1 fully saturated rings. The largest absolute Gasteiger partial charge is 0.480 e. The van der Waals surface area contributed by atoms with Gasteiger partial charge in [-0.15, -0.1) is 0 Å². The number of benzene rings is 3. The van der Waals surface area contributed by atoms with Crippen molar-refractivity contribution >= 4 is 13.7 Å². The van der Waals surface area contributed by atoms with Crippen LogP contribution in [0.25, 0.3) is 0 Å². The molecule has 2 heterocycles. The van der Waals surface area contributed by atoms with Gasteiger partial charge < -0.3 is 19.1 Å². The number of aromatic nitrogens is 2. The Hall–Kier alpha value is -4.39. The lowest BCUT2D eigenvalue weighted by Crippen LogP contribution is -2.47. The number of nitrogens with one attached hydrogen (secondary N) is 1. The fourth-order valence-electron chi connectivity index (χ4n) is 5.16. The van der Waals surface area contributed by atoms with Crippen LogP contribution in [0, 0.1) is 0 Å². The SMILES string of the molecule is C[C@H](NP(=O)(OC[C@H]1O[C@@H](n2ccc(=O)n(Cc3ccccc3)c2=O)[C@](C)(F)[C@@H]1OCc1ccccc1)Oc1ccccc1)C(=O)O. The molecular weight excluding hydrogens is 632 g/mol. The number of hydrogen-bond donors (Lipinski definition) is 2. The molecule has 0 bridgehead atoms. The Kier molecular flexibility index (Phi) is 10.5. The van der Waals surface area contributed by atoms with Crippen LogP contribution in [0.2, 0.25) is 0 Å². The van der Waals surface area contributed by atoms with Crippen molar-refractivity contribution in [1.82, 2.24) is 14.2 Å². The molecule has 1 saturated heterocycles. The zero-order valence-electron chi connectivity index (χ0n) is 25.7. The third kappa shape index (κ3) is 8.13. The number of carbonyl (C=O) groups is 1. The number of carboxylic acids is 1. The summed E-state index contributed by atoms with van der Waals surface area (Å²) >= 11 is 0. The van der Waals surface area contributed by atoms with Gasteiger partial charge in [-0.05, 0) is 37.1 Å². The number of carboxylic acid groups (broad SMARTS) is 1. The molecule has 12 nitrogen and oxygen atoms in total. The fraction of sp³-hybridized carbons (Fsp3) is 0.303. The Morgan fingerprint density at radius 2 is 1.60 bits per heavy atom. The summed E-state index contributed by atoms with van der Waals surface area (Å²) in [4.78, 5) is 38.0. The van der Waals surface area contributed by atoms with Gasteiger partial charge in [-0.25, -0.2) is 13.8 Å². The molecule has 47 heavy (non-hydrogen) atoms. The van der Waals surface area contributed by atoms with E-state index in [0.29, 0.717) is 5.56 Å². The summed E-state index contributed by atoms with van der Waals surface area (Å²) in [6, 6.07) is 25.6. The van der Waals surface area contributed by atoms with Gasteiger partial charge in [0.1, 0.15) is 24.0 Å². The van der Waals surface area contributed by atoms with Gasteiger partial charge >= 0.3 is 19.4 Å². The van der Waals surface area contributed by atoms with Gasteiger partial charge in [0.25, 0.3) is 5.56 Å². The lowest BCUT2D eigenvalue weighted by Gasteiger charge is -2.29. The normalized spacial score (nSPS) is 22.7. The second kappa shape index (κ2) is 14.6. The van der Waals surface area contributed by atoms with E-state index in [1.165, 1.54) is 26.0 Å². The molecule has 1 aliphatic rings. The highest BCUT2D eigenvalue weighted by Crippen LogP contribution is 2.48. The van der Waals surface area contributed by atoms with Gasteiger partial charge in [-0.3, -0.25) is 23.2 Å². The Bertz CT molecular complexity index is 1820. The van der Waals surface area contributed by atoms with Crippen molar-refractivity contribution in [2.45, 2.75) is 57.1 Å². The maximum absolute atomic E-state index is 17.0. The van der Waals surface area contributed by atoms with E-state index in [0.717, 1.165) is 27.0 Å². The smallest absolute Gasteiger partial charge is 0.459 e. The molecule has 14 heteroatoms. The van der Waals surface area contributed by atoms with E-state index in [2.05, 4.69) is 5.09 Å². The van der Waals surface area contributed by atoms with Crippen molar-refractivity contribution in [2.75, 3.05) is 6.61 Å². The fourth-order valence-corrected chi connectivity index (χ4v) is 6.67. The summed E-state index contributed by atoms with van der Waals surface area (Å²) in [5.41, 5.74) is -2.35. The molecule has 1 unspecified atom stereocenters. The van der Waals surface area contributed by atoms with Crippen LogP contribution >= 0.6 is 7.75 Å². The quantitative estimate of drug-likeness (QED) is 0.184. The van der Waals surface area contributed by atoms with Crippen LogP contribution in [-0.2, 0) is 36.5 Å². The van der Waals surface area contributed by atoms with E-state index in [9.17, 15) is 24.1 Å². The van der Waals surface area contributed by atoms with Crippen LogP contribution in [0.1, 0.15) is 31.2 Å². The highest BCUT2D eigenvalue weighted by Gasteiger charge is 2.57. The summed E-state index contributed by atoms with van der Waals surface area (Å²) in [6.45, 7) is 1.79. The monoisotopic (exact) mass is 667 g/mol. The summed E-state index contributed by atoms with van der Waals surface area (Å²) < 4.78 is 56.2. The van der Waals surface area contributed by atoms with Gasteiger partial charge in [0.05, 0.1) is 19.8 Å². The van der Waals surface area contributed by atoms with Crippen molar-refractivity contribution < 1.29 is 37.4 Å². The molecule has 248 valence electrons. The van der Waals surface area contributed by atoms with Gasteiger partial charge in [0.15, 0.2) is 11.9 Å². The van der Waals surface area contributed by atoms with Gasteiger partial charge in [-0.1, -0.05) is 78.9 Å². The third-order valence-corrected chi connectivity index (χ3v) is 9.23. The second-order valence-electron chi connectivity index (χ2n) is 11.2. The van der Waals surface area contributed by atoms with Crippen LogP contribution in [-0.4, -0.2) is 50.7 Å². The molecule has 2 N–H and O–H groups in total. The van der Waals surface area contributed by atoms with Crippen molar-refractivity contribution in [1.29, 1.82) is 0 Å². The molecule has 6 atom stereocenters. The Morgan fingerprint density at radius 1 is 1.00 bits per heavy atom. The van der Waals surface area contributed by atoms with E-state index in [1.54, 1.807) is 72.8 Å². The first kappa shape index (κ1) is 34.0. The van der Waals surface area contributed by atoms with Crippen molar-refractivity contribution in [3.05, 3.63) is 135 Å². The summed E-state index contributed by atoms with van der Waals surface area (Å²) in [6.07, 6.45) is -3.08. The number of alkyl halides is 1. The van der Waals surface area contributed by atoms with E-state index in [4.69, 9.17) is 18.5 Å². The molecule has 0 spiro atoms. The zero-order chi connectivity index (χ0) is 33.6. The molecule has 0 aliphatic carbocycles. The number of para-hydroxylation sites is 1. The lowest BCUT2D eigenvalue weighted by atomic mass is 9.98. The molecule has 0 saturated carbocycles. The van der Waals surface area contributed by atoms with E-state index < -0.39 is 61.7 Å². The Morgan fingerprint density at radius 3 is 2.21 bits per heavy atom. The van der Waals surface area contributed by atoms with Gasteiger partial charge in [-0.2, -0.15) is 5.09 Å². The minimum Gasteiger partial charge on any atom is -0.480 e. The minimum atomic E-state index is -4.41. The van der Waals surface area contributed by atoms with E-state index >= 15 is 4.39 Å². The average molecular weight is 668 g/mol. The first-order chi connectivity index (χ1) is 22.5. The maximum Gasteiger partial charge on any atom is 0.459 e. The third-order valence-electron chi connectivity index (χ3n) is 7.58. The molecule has 0 radical (unpaired) electrons. The molecule has 5 rings (SSSR count). The van der Waals surface area contributed by atoms with Crippen LogP contribution < -0.4 is 20.9 Å². The second-order valence-corrected chi connectivity index (χ2v) is 12.9. The molecule has 3 aromatic carbocycles. The molecule has 0 amide bonds. The number of halogens is 1. The Balaban J connectivity index is 1.46. The molecule has 1 aromatic heterocycles. The predicted octanol–water partition coefficient (Wildman–Crippen LogP) is 4.54. The number of ether oxygens (including phenoxy) is 2. The number of aliphatic carboxylic acids is 1. The van der Waals surface area contributed by atoms with Crippen LogP contribution in [0.15, 0.2) is 113 Å². The highest BCUT2D eigenvalue weighted by atomic mass is 31.2. The topological polar surface area (TPSA) is 147 Å². The lowest BCUT2D eigenvalue weighted by molar-refractivity contribution is -0.138. The van der Waals surface area contributed by atoms with Gasteiger partial charge in [0, 0.05) is 12.3 Å². The van der Waals surface area contributed by atoms with Crippen molar-refractivity contribution in [2.24, 2.45) is 0 Å². The number of hydrogen-bond acceptors (Lipinski definition) is 8. The number of nitrogens with zero attached hydrogens (tertiary/aromatic N) is 2. The highest BCUT2D eigenvalue weighted by molar-refractivity contribution is 7.52. The first-order valence-electron chi connectivity index (χ1n) is 14.8. The van der Waals surface area contributed by atoms with Crippen LogP contribution in [0.3, 0.4) is 0 Å². The zero-order valence-corrected chi connectivity index (χ0v) is 26.6. The molecule has 1 aliphatic heterocycles. The van der Waals surface area contributed by atoms with E-state index in [1.807, 2.05) is 6.07 Å². The maximum atomic E-state index is 17.0. The predicted molar refractivity (Wildman–Crippen MR) is 170 cm³/mol. The number of rotatable bonds is 14. The first-order valence-corrected chi connectivity index (χ1v) is 16.4. The van der Waals surface area contributed by atoms with Crippen molar-refractivity contribution in [3.63, 3.8) is 0 Å². The van der Waals surface area contributed by atoms with Crippen molar-refractivity contribution in [3.8, 4) is 5.75 Å². The van der Waals surface area contributed by atoms with Crippen LogP contribution in [0.4, 0.5) is 4.39 Å².